The lowest BCUT2D eigenvalue weighted by Gasteiger charge is -2.58. The molecule has 0 aromatic carbocycles. The Morgan fingerprint density at radius 2 is 1.48 bits per heavy atom. The van der Waals surface area contributed by atoms with Crippen molar-refractivity contribution in [2.24, 2.45) is 46.3 Å². The highest BCUT2D eigenvalue weighted by atomic mass is 16.7. The Balaban J connectivity index is 0.851. The molecule has 8 rings (SSSR count). The summed E-state index contributed by atoms with van der Waals surface area (Å²) in [6.07, 6.45) is -10.3. The Hall–Kier alpha value is -0.980. The number of hydrogen-bond acceptors (Lipinski definition) is 18. The summed E-state index contributed by atoms with van der Waals surface area (Å²) in [6, 6.07) is 0. The van der Waals surface area contributed by atoms with E-state index in [0.717, 1.165) is 32.1 Å². The summed E-state index contributed by atoms with van der Waals surface area (Å²) in [5.74, 6) is 0.131. The number of aliphatic hydroxyl groups excluding tert-OH is 10. The first-order chi connectivity index (χ1) is 29.3. The highest BCUT2D eigenvalue weighted by Crippen LogP contribution is 2.70. The average molecular weight is 889 g/mol. The van der Waals surface area contributed by atoms with Crippen LogP contribution in [0.5, 0.6) is 0 Å². The molecule has 4 saturated heterocycles. The maximum atomic E-state index is 12.0. The quantitative estimate of drug-likeness (QED) is 0.102. The molecule has 0 aromatic heterocycles. The second-order valence-electron chi connectivity index (χ2n) is 20.6. The van der Waals surface area contributed by atoms with E-state index >= 15 is 0 Å². The molecule has 0 bridgehead atoms. The van der Waals surface area contributed by atoms with Crippen LogP contribution >= 0.6 is 0 Å². The second-order valence-corrected chi connectivity index (χ2v) is 20.6. The van der Waals surface area contributed by atoms with Crippen LogP contribution in [0.15, 0.2) is 11.6 Å². The Kier molecular flexibility index (Phi) is 14.0. The molecule has 11 N–H and O–H groups in total. The normalized spacial score (nSPS) is 54.5. The highest BCUT2D eigenvalue weighted by Gasteiger charge is 2.68. The molecule has 18 nitrogen and oxygen atoms in total. The Labute approximate surface area is 362 Å². The monoisotopic (exact) mass is 888 g/mol. The third kappa shape index (κ3) is 8.27. The van der Waals surface area contributed by atoms with Gasteiger partial charge < -0.3 is 89.3 Å². The Bertz CT molecular complexity index is 1570. The van der Waals surface area contributed by atoms with Gasteiger partial charge in [0.05, 0.1) is 38.6 Å². The van der Waals surface area contributed by atoms with Gasteiger partial charge in [-0.15, -0.1) is 0 Å². The lowest BCUT2D eigenvalue weighted by atomic mass is 9.47. The molecule has 0 amide bonds. The van der Waals surface area contributed by atoms with Crippen LogP contribution < -0.4 is 0 Å². The largest absolute Gasteiger partial charge is 0.394 e. The minimum absolute atomic E-state index is 0.00203. The van der Waals surface area contributed by atoms with Gasteiger partial charge in [-0.3, -0.25) is 0 Å². The van der Waals surface area contributed by atoms with Crippen molar-refractivity contribution < 1.29 is 89.3 Å². The summed E-state index contributed by atoms with van der Waals surface area (Å²) < 4.78 is 41.3. The zero-order valence-electron chi connectivity index (χ0n) is 36.2. The molecule has 0 unspecified atom stereocenters. The third-order valence-corrected chi connectivity index (χ3v) is 17.0. The molecule has 0 spiro atoms. The molecule has 0 aromatic rings. The van der Waals surface area contributed by atoms with Gasteiger partial charge in [0, 0.05) is 12.3 Å². The van der Waals surface area contributed by atoms with Crippen molar-refractivity contribution in [1.82, 2.24) is 0 Å². The van der Waals surface area contributed by atoms with Gasteiger partial charge in [0.25, 0.3) is 0 Å². The van der Waals surface area contributed by atoms with Crippen LogP contribution in [0.2, 0.25) is 0 Å². The maximum Gasteiger partial charge on any atom is 0.186 e. The molecule has 3 saturated carbocycles. The topological polar surface area (TPSA) is 287 Å². The fourth-order valence-corrected chi connectivity index (χ4v) is 13.3. The summed E-state index contributed by atoms with van der Waals surface area (Å²) in [7, 11) is 0. The van der Waals surface area contributed by atoms with E-state index in [2.05, 4.69) is 26.8 Å². The van der Waals surface area contributed by atoms with E-state index in [0.29, 0.717) is 43.4 Å². The summed E-state index contributed by atoms with van der Waals surface area (Å²) in [4.78, 5) is 0. The molecule has 4 aliphatic heterocycles. The van der Waals surface area contributed by atoms with Gasteiger partial charge in [-0.05, 0) is 91.8 Å². The van der Waals surface area contributed by atoms with Gasteiger partial charge in [0.15, 0.2) is 24.7 Å². The van der Waals surface area contributed by atoms with Gasteiger partial charge in [-0.25, -0.2) is 0 Å². The van der Waals surface area contributed by atoms with E-state index in [1.165, 1.54) is 5.57 Å². The predicted molar refractivity (Wildman–Crippen MR) is 213 cm³/mol. The van der Waals surface area contributed by atoms with E-state index in [4.69, 9.17) is 33.2 Å². The van der Waals surface area contributed by atoms with Crippen LogP contribution in [-0.2, 0) is 33.2 Å². The van der Waals surface area contributed by atoms with Crippen molar-refractivity contribution in [3.63, 3.8) is 0 Å². The Morgan fingerprint density at radius 1 is 0.790 bits per heavy atom. The lowest BCUT2D eigenvalue weighted by Crippen LogP contribution is -2.63. The predicted octanol–water partition coefficient (Wildman–Crippen LogP) is -1.22. The van der Waals surface area contributed by atoms with Gasteiger partial charge in [0.2, 0.25) is 0 Å². The standard InChI is InChI=1S/C44H72O18/c1-19(17-56-39-36(53)33(50)32(49)28(15-45)59-39)7-12-44(55)20(2)30-27(62-44)14-25-23-6-5-21-13-22(8-10-42(21,3)24(23)9-11-43(25,30)4)58-41-37(54)34(51)38(29(16-46)60-41)61-40-35(52)31(48)26(47)18-57-40/h5,19-20,22-41,45-55H,6-18H2,1-4H3/t19-,20+,22+,23-,24+,25+,26+,27+,28-,29-,30+,31+,32-,33+,34-,35-,36-,37-,38-,39-,40+,41-,42+,43+,44-/m1/s1. The molecular formula is C44H72O18. The summed E-state index contributed by atoms with van der Waals surface area (Å²) >= 11 is 0. The molecule has 18 heteroatoms. The molecule has 62 heavy (non-hydrogen) atoms. The van der Waals surface area contributed by atoms with Crippen molar-refractivity contribution in [3.8, 4) is 0 Å². The first-order valence-electron chi connectivity index (χ1n) is 23.0. The van der Waals surface area contributed by atoms with Crippen LogP contribution in [0.1, 0.15) is 85.5 Å². The zero-order chi connectivity index (χ0) is 44.6. The maximum absolute atomic E-state index is 12.0. The van der Waals surface area contributed by atoms with Crippen molar-refractivity contribution in [2.45, 2.75) is 189 Å². The van der Waals surface area contributed by atoms with Crippen molar-refractivity contribution in [2.75, 3.05) is 26.4 Å². The highest BCUT2D eigenvalue weighted by molar-refractivity contribution is 5.26. The van der Waals surface area contributed by atoms with Crippen LogP contribution in [-0.4, -0.2) is 187 Å². The molecule has 7 fully saturated rings. The summed E-state index contributed by atoms with van der Waals surface area (Å²) in [5, 5.41) is 115. The van der Waals surface area contributed by atoms with E-state index in [9.17, 15) is 56.2 Å². The number of ether oxygens (including phenoxy) is 7. The van der Waals surface area contributed by atoms with Gasteiger partial charge in [0.1, 0.15) is 67.1 Å². The van der Waals surface area contributed by atoms with Crippen LogP contribution in [0.25, 0.3) is 0 Å². The Morgan fingerprint density at radius 3 is 2.21 bits per heavy atom. The minimum Gasteiger partial charge on any atom is -0.394 e. The molecule has 8 aliphatic rings. The van der Waals surface area contributed by atoms with Crippen molar-refractivity contribution in [3.05, 3.63) is 11.6 Å². The van der Waals surface area contributed by atoms with Crippen LogP contribution in [0.3, 0.4) is 0 Å². The third-order valence-electron chi connectivity index (χ3n) is 17.0. The number of hydrogen-bond donors (Lipinski definition) is 11. The fraction of sp³-hybridized carbons (Fsp3) is 0.955. The summed E-state index contributed by atoms with van der Waals surface area (Å²) in [5.41, 5.74) is 1.29. The van der Waals surface area contributed by atoms with E-state index < -0.39 is 105 Å². The molecule has 0 radical (unpaired) electrons. The van der Waals surface area contributed by atoms with E-state index in [-0.39, 0.29) is 54.0 Å². The fourth-order valence-electron chi connectivity index (χ4n) is 13.3. The van der Waals surface area contributed by atoms with Gasteiger partial charge >= 0.3 is 0 Å². The van der Waals surface area contributed by atoms with E-state index in [1.807, 2.05) is 6.92 Å². The zero-order valence-corrected chi connectivity index (χ0v) is 36.2. The van der Waals surface area contributed by atoms with Gasteiger partial charge in [-0.1, -0.05) is 39.3 Å². The minimum atomic E-state index is -1.63. The molecule has 356 valence electrons. The smallest absolute Gasteiger partial charge is 0.186 e. The average Bonchev–Trinajstić information content (AvgIpc) is 3.69. The number of rotatable bonds is 12. The number of aliphatic hydroxyl groups is 11. The molecule has 4 heterocycles. The van der Waals surface area contributed by atoms with Gasteiger partial charge in [-0.2, -0.15) is 0 Å². The SMILES string of the molecule is C[C@H](CC[C@@]1(O)O[C@H]2C[C@H]3[C@@H]4CC=C5C[C@@H](O[C@@H]6O[C@H](CO)[C@@H](O[C@@H]7OC[C@H](O)[C@H](O)[C@H]7O)[C@H](O)[C@H]6O)CC[C@]5(C)[C@H]4CC[C@]3(C)[C@H]2[C@@H]1C)CO[C@@H]1O[C@H](CO)[C@@H](O)[C@H](O)[C@H]1O. The molecule has 25 atom stereocenters. The second kappa shape index (κ2) is 18.3. The molecular weight excluding hydrogens is 816 g/mol. The van der Waals surface area contributed by atoms with E-state index in [1.54, 1.807) is 0 Å². The number of allylic oxidation sites excluding steroid dienone is 1. The first-order valence-corrected chi connectivity index (χ1v) is 23.0. The summed E-state index contributed by atoms with van der Waals surface area (Å²) in [6.45, 7) is 7.61. The van der Waals surface area contributed by atoms with Crippen LogP contribution in [0.4, 0.5) is 0 Å². The van der Waals surface area contributed by atoms with Crippen LogP contribution in [0, 0.1) is 46.3 Å². The first kappa shape index (κ1) is 47.5. The lowest BCUT2D eigenvalue weighted by molar-refractivity contribution is -0.353. The molecule has 4 aliphatic carbocycles. The number of fused-ring (bicyclic) bond motifs is 7. The van der Waals surface area contributed by atoms with Crippen molar-refractivity contribution in [1.29, 1.82) is 0 Å². The van der Waals surface area contributed by atoms with Crippen molar-refractivity contribution >= 4 is 0 Å².